The lowest BCUT2D eigenvalue weighted by molar-refractivity contribution is -0.118. The zero-order chi connectivity index (χ0) is 20.5. The van der Waals surface area contributed by atoms with Gasteiger partial charge in [0.15, 0.2) is 0 Å². The molecule has 0 saturated carbocycles. The first-order valence-electron chi connectivity index (χ1n) is 8.61. The van der Waals surface area contributed by atoms with Crippen molar-refractivity contribution in [2.24, 2.45) is 11.5 Å². The summed E-state index contributed by atoms with van der Waals surface area (Å²) in [6.45, 7) is 9.37. The fourth-order valence-electron chi connectivity index (χ4n) is 3.11. The van der Waals surface area contributed by atoms with Gasteiger partial charge in [0.25, 0.3) is 0 Å². The van der Waals surface area contributed by atoms with Crippen molar-refractivity contribution < 1.29 is 17.4 Å². The van der Waals surface area contributed by atoms with Crippen LogP contribution >= 0.6 is 0 Å². The predicted molar refractivity (Wildman–Crippen MR) is 105 cm³/mol. The van der Waals surface area contributed by atoms with Gasteiger partial charge in [-0.1, -0.05) is 12.1 Å². The minimum Gasteiger partial charge on any atom is -0.379 e. The van der Waals surface area contributed by atoms with Crippen LogP contribution in [-0.4, -0.2) is 14.3 Å². The van der Waals surface area contributed by atoms with E-state index in [0.717, 1.165) is 16.7 Å². The number of hydrogen-bond donors (Lipinski definition) is 2. The van der Waals surface area contributed by atoms with Crippen LogP contribution in [0.25, 0.3) is 0 Å². The van der Waals surface area contributed by atoms with Crippen molar-refractivity contribution in [3.8, 4) is 5.75 Å². The Bertz CT molecular complexity index is 951. The highest BCUT2D eigenvalue weighted by Crippen LogP contribution is 2.31. The predicted octanol–water partition coefficient (Wildman–Crippen LogP) is 2.87. The van der Waals surface area contributed by atoms with Crippen LogP contribution in [0.5, 0.6) is 5.75 Å². The molecule has 1 amide bonds. The van der Waals surface area contributed by atoms with Gasteiger partial charge >= 0.3 is 10.1 Å². The van der Waals surface area contributed by atoms with Gasteiger partial charge in [-0.3, -0.25) is 4.79 Å². The van der Waals surface area contributed by atoms with Crippen LogP contribution in [0.4, 0.5) is 0 Å². The molecule has 0 spiro atoms. The second-order valence-electron chi connectivity index (χ2n) is 6.84. The molecular formula is C20H26N2O4S. The summed E-state index contributed by atoms with van der Waals surface area (Å²) in [5, 5.41) is 0. The van der Waals surface area contributed by atoms with Crippen molar-refractivity contribution in [3.05, 3.63) is 57.6 Å². The molecule has 6 nitrogen and oxygen atoms in total. The van der Waals surface area contributed by atoms with Crippen LogP contribution < -0.4 is 15.7 Å². The normalized spacial score (nSPS) is 12.7. The van der Waals surface area contributed by atoms with E-state index in [9.17, 15) is 13.2 Å². The molecule has 2 aromatic rings. The maximum atomic E-state index is 12.9. The van der Waals surface area contributed by atoms with E-state index < -0.39 is 22.1 Å². The van der Waals surface area contributed by atoms with Gasteiger partial charge in [-0.2, -0.15) is 8.42 Å². The fraction of sp³-hybridized carbons (Fsp3) is 0.350. The zero-order valence-corrected chi connectivity index (χ0v) is 17.1. The highest BCUT2D eigenvalue weighted by atomic mass is 32.2. The molecule has 0 saturated heterocycles. The Morgan fingerprint density at radius 2 is 1.37 bits per heavy atom. The van der Waals surface area contributed by atoms with E-state index in [4.69, 9.17) is 15.7 Å². The average molecular weight is 391 g/mol. The number of carbonyl (C=O) groups is 1. The van der Waals surface area contributed by atoms with Crippen molar-refractivity contribution in [1.82, 2.24) is 0 Å². The maximum Gasteiger partial charge on any atom is 0.339 e. The number of amides is 1. The molecule has 2 rings (SSSR count). The summed E-state index contributed by atoms with van der Waals surface area (Å²) < 4.78 is 31.2. The highest BCUT2D eigenvalue weighted by Gasteiger charge is 2.25. The van der Waals surface area contributed by atoms with Crippen LogP contribution in [0.1, 0.15) is 45.8 Å². The summed E-state index contributed by atoms with van der Waals surface area (Å²) in [7, 11) is -3.99. The molecule has 0 bridgehead atoms. The van der Waals surface area contributed by atoms with Gasteiger partial charge in [0.2, 0.25) is 5.91 Å². The lowest BCUT2D eigenvalue weighted by Crippen LogP contribution is -2.20. The van der Waals surface area contributed by atoms with Crippen molar-refractivity contribution >= 4 is 16.0 Å². The quantitative estimate of drug-likeness (QED) is 0.737. The second kappa shape index (κ2) is 7.70. The Balaban J connectivity index is 2.37. The standard InChI is InChI=1S/C20H26N2O4S/c1-11-12(2)14(4)20(15(5)13(11)3)27(24,25)26-17-8-6-16(7-9-17)18(21)10-19(22)23/h6-9,18H,10,21H2,1-5H3,(H2,22,23). The van der Waals surface area contributed by atoms with Crippen molar-refractivity contribution in [2.45, 2.75) is 52.0 Å². The van der Waals surface area contributed by atoms with Gasteiger partial charge < -0.3 is 15.7 Å². The number of rotatable bonds is 6. The van der Waals surface area contributed by atoms with E-state index in [1.54, 1.807) is 26.0 Å². The largest absolute Gasteiger partial charge is 0.379 e. The Kier molecular flexibility index (Phi) is 5.97. The molecule has 0 aromatic heterocycles. The smallest absolute Gasteiger partial charge is 0.339 e. The molecule has 0 aliphatic carbocycles. The first kappa shape index (κ1) is 20.9. The molecule has 4 N–H and O–H groups in total. The topological polar surface area (TPSA) is 112 Å². The highest BCUT2D eigenvalue weighted by molar-refractivity contribution is 7.87. The number of hydrogen-bond acceptors (Lipinski definition) is 5. The third-order valence-corrected chi connectivity index (χ3v) is 6.64. The molecular weight excluding hydrogens is 364 g/mol. The molecule has 1 atom stereocenters. The van der Waals surface area contributed by atoms with Gasteiger partial charge in [-0.05, 0) is 80.1 Å². The van der Waals surface area contributed by atoms with E-state index in [1.165, 1.54) is 12.1 Å². The molecule has 0 fully saturated rings. The fourth-order valence-corrected chi connectivity index (χ4v) is 4.62. The van der Waals surface area contributed by atoms with E-state index in [1.807, 2.05) is 20.8 Å². The van der Waals surface area contributed by atoms with Gasteiger partial charge in [0.05, 0.1) is 0 Å². The second-order valence-corrected chi connectivity index (χ2v) is 8.32. The Labute approximate surface area is 160 Å². The summed E-state index contributed by atoms with van der Waals surface area (Å²) in [6.07, 6.45) is 0.0127. The molecule has 146 valence electrons. The third-order valence-electron chi connectivity index (χ3n) is 5.12. The Morgan fingerprint density at radius 1 is 0.926 bits per heavy atom. The summed E-state index contributed by atoms with van der Waals surface area (Å²) in [5.41, 5.74) is 16.1. The molecule has 0 aliphatic heterocycles. The lowest BCUT2D eigenvalue weighted by atomic mass is 9.95. The summed E-state index contributed by atoms with van der Waals surface area (Å²) >= 11 is 0. The maximum absolute atomic E-state index is 12.9. The number of primary amides is 1. The number of nitrogens with two attached hydrogens (primary N) is 2. The van der Waals surface area contributed by atoms with Crippen LogP contribution in [0.2, 0.25) is 0 Å². The Morgan fingerprint density at radius 3 is 1.81 bits per heavy atom. The summed E-state index contributed by atoms with van der Waals surface area (Å²) in [6, 6.07) is 5.76. The number of carbonyl (C=O) groups excluding carboxylic acids is 1. The van der Waals surface area contributed by atoms with Gasteiger partial charge in [0, 0.05) is 12.5 Å². The lowest BCUT2D eigenvalue weighted by Gasteiger charge is -2.19. The van der Waals surface area contributed by atoms with Crippen molar-refractivity contribution in [3.63, 3.8) is 0 Å². The average Bonchev–Trinajstić information content (AvgIpc) is 2.57. The van der Waals surface area contributed by atoms with Gasteiger partial charge in [-0.25, -0.2) is 0 Å². The molecule has 1 unspecified atom stereocenters. The number of benzene rings is 2. The van der Waals surface area contributed by atoms with Crippen LogP contribution in [0.3, 0.4) is 0 Å². The van der Waals surface area contributed by atoms with Crippen LogP contribution in [0, 0.1) is 34.6 Å². The van der Waals surface area contributed by atoms with Gasteiger partial charge in [-0.15, -0.1) is 0 Å². The van der Waals surface area contributed by atoms with E-state index >= 15 is 0 Å². The summed E-state index contributed by atoms with van der Waals surface area (Å²) in [4.78, 5) is 11.2. The molecule has 27 heavy (non-hydrogen) atoms. The first-order chi connectivity index (χ1) is 12.5. The third kappa shape index (κ3) is 4.31. The molecule has 0 aliphatic rings. The van der Waals surface area contributed by atoms with Crippen molar-refractivity contribution in [1.29, 1.82) is 0 Å². The molecule has 0 heterocycles. The van der Waals surface area contributed by atoms with Crippen LogP contribution in [0.15, 0.2) is 29.2 Å². The SMILES string of the molecule is Cc1c(C)c(C)c(S(=O)(=O)Oc2ccc(C(N)CC(N)=O)cc2)c(C)c1C. The molecule has 2 aromatic carbocycles. The van der Waals surface area contributed by atoms with Crippen LogP contribution in [-0.2, 0) is 14.9 Å². The summed E-state index contributed by atoms with van der Waals surface area (Å²) in [5.74, 6) is -0.318. The zero-order valence-electron chi connectivity index (χ0n) is 16.3. The van der Waals surface area contributed by atoms with Crippen molar-refractivity contribution in [2.75, 3.05) is 0 Å². The van der Waals surface area contributed by atoms with E-state index in [0.29, 0.717) is 16.7 Å². The minimum absolute atomic E-state index is 0.0127. The van der Waals surface area contributed by atoms with E-state index in [-0.39, 0.29) is 17.1 Å². The first-order valence-corrected chi connectivity index (χ1v) is 10.0. The minimum atomic E-state index is -3.99. The molecule has 7 heteroatoms. The van der Waals surface area contributed by atoms with Gasteiger partial charge in [0.1, 0.15) is 10.6 Å². The Hall–Kier alpha value is -2.38. The monoisotopic (exact) mass is 390 g/mol. The molecule has 0 radical (unpaired) electrons. The van der Waals surface area contributed by atoms with E-state index in [2.05, 4.69) is 0 Å².